The second-order valence-electron chi connectivity index (χ2n) is 9.11. The molecule has 3 aromatic rings. The van der Waals surface area contributed by atoms with E-state index < -0.39 is 0 Å². The molecule has 36 heavy (non-hydrogen) atoms. The Bertz CT molecular complexity index is 1180. The molecule has 1 heterocycles. The molecule has 0 atom stereocenters. The number of hydrogen-bond acceptors (Lipinski definition) is 5. The average molecular weight is 508 g/mol. The molecule has 4 rings (SSSR count). The van der Waals surface area contributed by atoms with Crippen molar-refractivity contribution in [3.05, 3.63) is 89.0 Å². The number of benzene rings is 3. The molecule has 0 unspecified atom stereocenters. The van der Waals surface area contributed by atoms with Crippen molar-refractivity contribution in [1.82, 2.24) is 4.90 Å². The average Bonchev–Trinajstić information content (AvgIpc) is 3.09. The lowest BCUT2D eigenvalue weighted by Crippen LogP contribution is -2.28. The van der Waals surface area contributed by atoms with Gasteiger partial charge >= 0.3 is 0 Å². The van der Waals surface area contributed by atoms with Crippen molar-refractivity contribution in [2.45, 2.75) is 19.8 Å². The summed E-state index contributed by atoms with van der Waals surface area (Å²) < 4.78 is 5.51. The summed E-state index contributed by atoms with van der Waals surface area (Å²) in [5.74, 6) is 0.278. The number of nitrogens with zero attached hydrogens (tertiary/aromatic N) is 2. The third-order valence-corrected chi connectivity index (χ3v) is 6.51. The van der Waals surface area contributed by atoms with Crippen molar-refractivity contribution in [2.75, 3.05) is 50.6 Å². The molecule has 0 bridgehead atoms. The maximum absolute atomic E-state index is 13.1. The minimum atomic E-state index is -0.235. The van der Waals surface area contributed by atoms with Crippen LogP contribution in [0.15, 0.2) is 66.7 Å². The zero-order valence-corrected chi connectivity index (χ0v) is 21.9. The number of halogens is 1. The van der Waals surface area contributed by atoms with Crippen LogP contribution in [-0.2, 0) is 6.42 Å². The molecule has 1 N–H and O–H groups in total. The second-order valence-corrected chi connectivity index (χ2v) is 9.11. The van der Waals surface area contributed by atoms with Crippen molar-refractivity contribution in [1.29, 1.82) is 0 Å². The van der Waals surface area contributed by atoms with Gasteiger partial charge in [-0.05, 0) is 62.8 Å². The summed E-state index contributed by atoms with van der Waals surface area (Å²) in [6, 6.07) is 20.7. The molecule has 7 heteroatoms. The minimum absolute atomic E-state index is 0. The molecule has 1 aliphatic heterocycles. The van der Waals surface area contributed by atoms with Crippen molar-refractivity contribution in [3.8, 4) is 5.75 Å². The summed E-state index contributed by atoms with van der Waals surface area (Å²) in [7, 11) is 3.71. The number of hydrogen-bond donors (Lipinski definition) is 1. The van der Waals surface area contributed by atoms with Crippen LogP contribution in [0.2, 0.25) is 0 Å². The monoisotopic (exact) mass is 507 g/mol. The first-order chi connectivity index (χ1) is 16.9. The summed E-state index contributed by atoms with van der Waals surface area (Å²) in [6.07, 6.45) is 1.29. The van der Waals surface area contributed by atoms with Crippen LogP contribution >= 0.6 is 12.4 Å². The Labute approximate surface area is 219 Å². The molecule has 1 fully saturated rings. The number of likely N-dealkylation sites (N-methyl/N-ethyl adjacent to an activating group) is 1. The Morgan fingerprint density at radius 2 is 1.58 bits per heavy atom. The number of rotatable bonds is 7. The molecule has 190 valence electrons. The van der Waals surface area contributed by atoms with Gasteiger partial charge in [0.1, 0.15) is 5.75 Å². The zero-order valence-electron chi connectivity index (χ0n) is 21.1. The molecule has 1 aliphatic rings. The third-order valence-electron chi connectivity index (χ3n) is 6.51. The molecule has 1 saturated heterocycles. The van der Waals surface area contributed by atoms with E-state index in [1.165, 1.54) is 0 Å². The predicted octanol–water partition coefficient (Wildman–Crippen LogP) is 5.25. The largest absolute Gasteiger partial charge is 0.495 e. The summed E-state index contributed by atoms with van der Waals surface area (Å²) in [5.41, 5.74) is 4.67. The number of para-hydroxylation sites is 1. The highest BCUT2D eigenvalue weighted by atomic mass is 35.5. The van der Waals surface area contributed by atoms with Gasteiger partial charge < -0.3 is 19.9 Å². The van der Waals surface area contributed by atoms with Gasteiger partial charge in [0, 0.05) is 42.9 Å². The minimum Gasteiger partial charge on any atom is -0.495 e. The lowest BCUT2D eigenvalue weighted by atomic mass is 10.00. The van der Waals surface area contributed by atoms with Gasteiger partial charge in [-0.2, -0.15) is 0 Å². The van der Waals surface area contributed by atoms with Crippen LogP contribution in [0, 0.1) is 6.92 Å². The van der Waals surface area contributed by atoms with Crippen LogP contribution in [0.25, 0.3) is 0 Å². The Balaban J connectivity index is 0.00000361. The summed E-state index contributed by atoms with van der Waals surface area (Å²) >= 11 is 0. The number of carbonyl (C=O) groups is 2. The predicted molar refractivity (Wildman–Crippen MR) is 148 cm³/mol. The van der Waals surface area contributed by atoms with E-state index in [4.69, 9.17) is 4.74 Å². The molecular formula is C29H34ClN3O3. The van der Waals surface area contributed by atoms with E-state index in [1.54, 1.807) is 13.2 Å². The maximum Gasteiger partial charge on any atom is 0.255 e. The quantitative estimate of drug-likeness (QED) is 0.443. The highest BCUT2D eigenvalue weighted by Crippen LogP contribution is 2.30. The van der Waals surface area contributed by atoms with Crippen LogP contribution in [0.3, 0.4) is 0 Å². The van der Waals surface area contributed by atoms with Gasteiger partial charge in [-0.1, -0.05) is 42.0 Å². The van der Waals surface area contributed by atoms with E-state index in [9.17, 15) is 9.59 Å². The van der Waals surface area contributed by atoms with Gasteiger partial charge in [0.25, 0.3) is 5.91 Å². The van der Waals surface area contributed by atoms with Gasteiger partial charge in [-0.15, -0.1) is 12.4 Å². The van der Waals surface area contributed by atoms with E-state index in [0.29, 0.717) is 28.1 Å². The van der Waals surface area contributed by atoms with Crippen molar-refractivity contribution in [3.63, 3.8) is 0 Å². The molecule has 3 aromatic carbocycles. The highest BCUT2D eigenvalue weighted by molar-refractivity contribution is 6.06. The van der Waals surface area contributed by atoms with Crippen molar-refractivity contribution in [2.24, 2.45) is 0 Å². The first-order valence-corrected chi connectivity index (χ1v) is 12.1. The molecule has 0 aliphatic carbocycles. The van der Waals surface area contributed by atoms with Crippen LogP contribution in [0.5, 0.6) is 5.75 Å². The normalized spacial score (nSPS) is 13.9. The lowest BCUT2D eigenvalue weighted by Gasteiger charge is -2.23. The highest BCUT2D eigenvalue weighted by Gasteiger charge is 2.18. The van der Waals surface area contributed by atoms with E-state index in [0.717, 1.165) is 43.9 Å². The van der Waals surface area contributed by atoms with Crippen LogP contribution in [-0.4, -0.2) is 56.9 Å². The Kier molecular flexibility index (Phi) is 9.51. The lowest BCUT2D eigenvalue weighted by molar-refractivity contribution is 0.0988. The fourth-order valence-electron chi connectivity index (χ4n) is 4.36. The fourth-order valence-corrected chi connectivity index (χ4v) is 4.36. The molecule has 6 nitrogen and oxygen atoms in total. The second kappa shape index (κ2) is 12.6. The number of Topliss-reactive ketones (excluding diaryl/α,β-unsaturated/α-hetero) is 1. The van der Waals surface area contributed by atoms with Gasteiger partial charge in [0.05, 0.1) is 12.8 Å². The molecule has 0 saturated carbocycles. The van der Waals surface area contributed by atoms with Gasteiger partial charge in [-0.3, -0.25) is 9.59 Å². The molecule has 1 amide bonds. The van der Waals surface area contributed by atoms with Crippen LogP contribution in [0.1, 0.15) is 38.3 Å². The van der Waals surface area contributed by atoms with Gasteiger partial charge in [0.2, 0.25) is 0 Å². The number of nitrogens with one attached hydrogen (secondary N) is 1. The number of ketones is 1. The molecular weight excluding hydrogens is 474 g/mol. The number of methoxy groups -OCH3 is 1. The number of carbonyl (C=O) groups excluding carboxylic acids is 2. The standard InChI is InChI=1S/C29H33N3O3.ClH/c1-21-8-10-22(11-9-21)26(33)20-24-6-4-7-27(35-3)28(24)30-29(34)23-12-14-25(15-13-23)32-17-5-16-31(2)18-19-32;/h4,6-15H,5,16-20H2,1-3H3,(H,30,34);1H. The molecule has 0 radical (unpaired) electrons. The number of anilines is 2. The first kappa shape index (κ1) is 27.2. The Morgan fingerprint density at radius 1 is 0.889 bits per heavy atom. The van der Waals surface area contributed by atoms with Crippen LogP contribution in [0.4, 0.5) is 11.4 Å². The number of ether oxygens (including phenoxy) is 1. The summed E-state index contributed by atoms with van der Waals surface area (Å²) in [6.45, 7) is 6.10. The van der Waals surface area contributed by atoms with E-state index in [2.05, 4.69) is 22.2 Å². The smallest absolute Gasteiger partial charge is 0.255 e. The first-order valence-electron chi connectivity index (χ1n) is 12.1. The Hall–Kier alpha value is -3.35. The van der Waals surface area contributed by atoms with Crippen molar-refractivity contribution >= 4 is 35.5 Å². The maximum atomic E-state index is 13.1. The fraction of sp³-hybridized carbons (Fsp3) is 0.310. The van der Waals surface area contributed by atoms with Crippen LogP contribution < -0.4 is 15.0 Å². The summed E-state index contributed by atoms with van der Waals surface area (Å²) in [5, 5.41) is 2.99. The molecule has 0 spiro atoms. The number of amides is 1. The van der Waals surface area contributed by atoms with Gasteiger partial charge in [0.15, 0.2) is 5.78 Å². The number of aryl methyl sites for hydroxylation is 1. The van der Waals surface area contributed by atoms with Crippen molar-refractivity contribution < 1.29 is 14.3 Å². The zero-order chi connectivity index (χ0) is 24.8. The Morgan fingerprint density at radius 3 is 2.28 bits per heavy atom. The van der Waals surface area contributed by atoms with Gasteiger partial charge in [-0.25, -0.2) is 0 Å². The van der Waals surface area contributed by atoms with E-state index in [-0.39, 0.29) is 30.5 Å². The topological polar surface area (TPSA) is 61.9 Å². The molecule has 0 aromatic heterocycles. The SMILES string of the molecule is COc1cccc(CC(=O)c2ccc(C)cc2)c1NC(=O)c1ccc(N2CCCN(C)CC2)cc1.Cl. The van der Waals surface area contributed by atoms with E-state index in [1.807, 2.05) is 67.6 Å². The third kappa shape index (κ3) is 6.65. The van der Waals surface area contributed by atoms with E-state index >= 15 is 0 Å². The summed E-state index contributed by atoms with van der Waals surface area (Å²) in [4.78, 5) is 30.8.